The number of rotatable bonds is 10. The molecule has 1 heterocycles. The lowest BCUT2D eigenvalue weighted by atomic mass is 9.88. The van der Waals surface area contributed by atoms with E-state index >= 15 is 0 Å². The minimum atomic E-state index is 0.149. The van der Waals surface area contributed by atoms with Gasteiger partial charge in [-0.15, -0.1) is 0 Å². The molecule has 4 nitrogen and oxygen atoms in total. The highest BCUT2D eigenvalue weighted by molar-refractivity contribution is 9.10. The average Bonchev–Trinajstić information content (AvgIpc) is 2.79. The molecule has 1 aromatic heterocycles. The van der Waals surface area contributed by atoms with E-state index in [1.807, 2.05) is 38.5 Å². The summed E-state index contributed by atoms with van der Waals surface area (Å²) >= 11 is 3.54. The molecule has 0 atom stereocenters. The van der Waals surface area contributed by atoms with E-state index in [9.17, 15) is 5.11 Å². The Kier molecular flexibility index (Phi) is 8.83. The van der Waals surface area contributed by atoms with E-state index < -0.39 is 0 Å². The van der Waals surface area contributed by atoms with Crippen LogP contribution < -0.4 is 4.74 Å². The maximum atomic E-state index is 9.51. The Hall–Kier alpha value is -2.47. The van der Waals surface area contributed by atoms with Gasteiger partial charge in [0.15, 0.2) is 0 Å². The lowest BCUT2D eigenvalue weighted by molar-refractivity contribution is 0.261. The maximum absolute atomic E-state index is 9.51. The van der Waals surface area contributed by atoms with Crippen LogP contribution in [0.5, 0.6) is 5.75 Å². The summed E-state index contributed by atoms with van der Waals surface area (Å²) in [5.74, 6) is 0.860. The summed E-state index contributed by atoms with van der Waals surface area (Å²) in [7, 11) is 4.07. The molecular weight excluding hydrogens is 452 g/mol. The van der Waals surface area contributed by atoms with E-state index in [1.54, 1.807) is 6.20 Å². The molecule has 1 N–H and O–H groups in total. The molecular formula is C26H29BrN2O2. The first-order chi connectivity index (χ1) is 15.1. The van der Waals surface area contributed by atoms with Crippen LogP contribution in [0.15, 0.2) is 77.5 Å². The molecule has 0 saturated heterocycles. The highest BCUT2D eigenvalue weighted by atomic mass is 79.9. The molecule has 0 radical (unpaired) electrons. The lowest BCUT2D eigenvalue weighted by Gasteiger charge is -2.18. The summed E-state index contributed by atoms with van der Waals surface area (Å²) < 4.78 is 6.92. The molecule has 0 aliphatic carbocycles. The predicted octanol–water partition coefficient (Wildman–Crippen LogP) is 5.52. The van der Waals surface area contributed by atoms with Gasteiger partial charge in [-0.1, -0.05) is 46.3 Å². The van der Waals surface area contributed by atoms with Crippen LogP contribution >= 0.6 is 15.9 Å². The van der Waals surface area contributed by atoms with Gasteiger partial charge in [-0.25, -0.2) is 0 Å². The quantitative estimate of drug-likeness (QED) is 0.415. The number of hydrogen-bond donors (Lipinski definition) is 1. The van der Waals surface area contributed by atoms with Crippen molar-refractivity contribution in [3.63, 3.8) is 0 Å². The van der Waals surface area contributed by atoms with Crippen molar-refractivity contribution in [1.29, 1.82) is 0 Å². The second kappa shape index (κ2) is 11.8. The summed E-state index contributed by atoms with van der Waals surface area (Å²) in [5, 5.41) is 9.51. The smallest absolute Gasteiger partial charge is 0.119 e. The zero-order valence-electron chi connectivity index (χ0n) is 18.1. The molecule has 0 aliphatic rings. The number of benzene rings is 2. The number of halogens is 1. The van der Waals surface area contributed by atoms with Gasteiger partial charge in [0.25, 0.3) is 0 Å². The van der Waals surface area contributed by atoms with E-state index in [-0.39, 0.29) is 6.61 Å². The van der Waals surface area contributed by atoms with Crippen LogP contribution in [0.2, 0.25) is 0 Å². The van der Waals surface area contributed by atoms with Gasteiger partial charge < -0.3 is 14.7 Å². The van der Waals surface area contributed by atoms with Gasteiger partial charge in [0, 0.05) is 30.0 Å². The molecule has 0 amide bonds. The molecule has 5 heteroatoms. The highest BCUT2D eigenvalue weighted by Crippen LogP contribution is 2.36. The van der Waals surface area contributed by atoms with Crippen LogP contribution in [-0.4, -0.2) is 48.8 Å². The molecule has 0 saturated carbocycles. The number of allylic oxidation sites excluding steroid dienone is 1. The third-order valence-electron chi connectivity index (χ3n) is 4.98. The summed E-state index contributed by atoms with van der Waals surface area (Å²) in [6.07, 6.45) is 5.13. The van der Waals surface area contributed by atoms with Crippen molar-refractivity contribution in [2.45, 2.75) is 12.8 Å². The lowest BCUT2D eigenvalue weighted by Crippen LogP contribution is -2.19. The first-order valence-corrected chi connectivity index (χ1v) is 11.3. The number of hydrogen-bond acceptors (Lipinski definition) is 4. The Morgan fingerprint density at radius 3 is 2.23 bits per heavy atom. The largest absolute Gasteiger partial charge is 0.492 e. The van der Waals surface area contributed by atoms with Crippen LogP contribution in [0.25, 0.3) is 11.1 Å². The number of aliphatic hydroxyl groups is 1. The van der Waals surface area contributed by atoms with Gasteiger partial charge in [-0.3, -0.25) is 4.98 Å². The SMILES string of the molecule is CN(C)CCOc1ccc(C(=C(CCCO)c2cccnc2)c2ccc(Br)cc2)cc1. The Balaban J connectivity index is 2.05. The van der Waals surface area contributed by atoms with E-state index in [0.717, 1.165) is 45.5 Å². The summed E-state index contributed by atoms with van der Waals surface area (Å²) in [6, 6.07) is 20.7. The molecule has 0 unspecified atom stereocenters. The minimum Gasteiger partial charge on any atom is -0.492 e. The second-order valence-electron chi connectivity index (χ2n) is 7.61. The Labute approximate surface area is 193 Å². The molecule has 0 bridgehead atoms. The van der Waals surface area contributed by atoms with Crippen molar-refractivity contribution in [3.05, 3.63) is 94.2 Å². The molecule has 162 valence electrons. The molecule has 31 heavy (non-hydrogen) atoms. The predicted molar refractivity (Wildman–Crippen MR) is 131 cm³/mol. The number of aliphatic hydroxyl groups excluding tert-OH is 1. The zero-order valence-corrected chi connectivity index (χ0v) is 19.7. The number of ether oxygens (including phenoxy) is 1. The minimum absolute atomic E-state index is 0.149. The molecule has 3 rings (SSSR count). The van der Waals surface area contributed by atoms with Crippen LogP contribution in [0.3, 0.4) is 0 Å². The fraction of sp³-hybridized carbons (Fsp3) is 0.269. The number of likely N-dealkylation sites (N-methyl/N-ethyl adjacent to an activating group) is 1. The fourth-order valence-corrected chi connectivity index (χ4v) is 3.67. The molecule has 3 aromatic rings. The maximum Gasteiger partial charge on any atom is 0.119 e. The standard InChI is InChI=1S/C26H29BrN2O2/c1-29(2)16-18-31-24-13-9-21(10-14-24)26(20-7-11-23(27)12-8-20)25(6-4-17-30)22-5-3-15-28-19-22/h3,5,7-15,19,30H,4,6,16-18H2,1-2H3. The Morgan fingerprint density at radius 1 is 0.968 bits per heavy atom. The highest BCUT2D eigenvalue weighted by Gasteiger charge is 2.15. The normalized spacial score (nSPS) is 12.0. The molecule has 0 aliphatic heterocycles. The first kappa shape index (κ1) is 23.2. The van der Waals surface area contributed by atoms with Crippen LogP contribution in [0.4, 0.5) is 0 Å². The Morgan fingerprint density at radius 2 is 1.65 bits per heavy atom. The fourth-order valence-electron chi connectivity index (χ4n) is 3.41. The van der Waals surface area contributed by atoms with Crippen molar-refractivity contribution in [1.82, 2.24) is 9.88 Å². The third-order valence-corrected chi connectivity index (χ3v) is 5.51. The number of aromatic nitrogens is 1. The summed E-state index contributed by atoms with van der Waals surface area (Å²) in [5.41, 5.74) is 5.63. The van der Waals surface area contributed by atoms with Crippen LogP contribution in [0.1, 0.15) is 29.5 Å². The van der Waals surface area contributed by atoms with E-state index in [1.165, 1.54) is 5.57 Å². The number of pyridine rings is 1. The van der Waals surface area contributed by atoms with Crippen LogP contribution in [-0.2, 0) is 0 Å². The van der Waals surface area contributed by atoms with Gasteiger partial charge in [0.2, 0.25) is 0 Å². The van der Waals surface area contributed by atoms with Gasteiger partial charge in [0.05, 0.1) is 0 Å². The van der Waals surface area contributed by atoms with Crippen molar-refractivity contribution in [3.8, 4) is 5.75 Å². The topological polar surface area (TPSA) is 45.6 Å². The summed E-state index contributed by atoms with van der Waals surface area (Å²) in [6.45, 7) is 1.67. The van der Waals surface area contributed by atoms with Crippen molar-refractivity contribution in [2.24, 2.45) is 0 Å². The van der Waals surface area contributed by atoms with Gasteiger partial charge in [-0.2, -0.15) is 0 Å². The first-order valence-electron chi connectivity index (χ1n) is 10.5. The van der Waals surface area contributed by atoms with Crippen molar-refractivity contribution < 1.29 is 9.84 Å². The Bertz CT molecular complexity index is 969. The van der Waals surface area contributed by atoms with E-state index in [2.05, 4.69) is 68.3 Å². The van der Waals surface area contributed by atoms with Crippen LogP contribution in [0, 0.1) is 0 Å². The van der Waals surface area contributed by atoms with E-state index in [0.29, 0.717) is 13.0 Å². The van der Waals surface area contributed by atoms with Crippen molar-refractivity contribution >= 4 is 27.1 Å². The van der Waals surface area contributed by atoms with Crippen molar-refractivity contribution in [2.75, 3.05) is 33.9 Å². The molecule has 2 aromatic carbocycles. The second-order valence-corrected chi connectivity index (χ2v) is 8.52. The van der Waals surface area contributed by atoms with E-state index in [4.69, 9.17) is 4.74 Å². The third kappa shape index (κ3) is 6.76. The van der Waals surface area contributed by atoms with Gasteiger partial charge in [0.1, 0.15) is 12.4 Å². The number of nitrogens with zero attached hydrogens (tertiary/aromatic N) is 2. The van der Waals surface area contributed by atoms with Gasteiger partial charge >= 0.3 is 0 Å². The molecule has 0 fully saturated rings. The monoisotopic (exact) mass is 480 g/mol. The zero-order chi connectivity index (χ0) is 22.1. The van der Waals surface area contributed by atoms with Gasteiger partial charge in [-0.05, 0) is 85.1 Å². The molecule has 0 spiro atoms. The average molecular weight is 481 g/mol. The summed E-state index contributed by atoms with van der Waals surface area (Å²) in [4.78, 5) is 6.43.